The molecule has 5 nitrogen and oxygen atoms in total. The van der Waals surface area contributed by atoms with Crippen LogP contribution in [0.4, 0.5) is 5.69 Å². The molecule has 126 valence electrons. The van der Waals surface area contributed by atoms with E-state index < -0.39 is 0 Å². The van der Waals surface area contributed by atoms with Crippen molar-refractivity contribution < 1.29 is 0 Å². The van der Waals surface area contributed by atoms with Crippen LogP contribution in [0.5, 0.6) is 0 Å². The van der Waals surface area contributed by atoms with Gasteiger partial charge in [0.2, 0.25) is 0 Å². The van der Waals surface area contributed by atoms with Gasteiger partial charge in [0.1, 0.15) is 17.4 Å². The summed E-state index contributed by atoms with van der Waals surface area (Å²) in [6.07, 6.45) is 0. The van der Waals surface area contributed by atoms with E-state index in [4.69, 9.17) is 16.9 Å². The van der Waals surface area contributed by atoms with Gasteiger partial charge in [-0.15, -0.1) is 0 Å². The number of rotatable bonds is 2. The highest BCUT2D eigenvalue weighted by molar-refractivity contribution is 6.35. The van der Waals surface area contributed by atoms with Crippen LogP contribution in [-0.4, -0.2) is 35.7 Å². The van der Waals surface area contributed by atoms with E-state index in [9.17, 15) is 0 Å². The first-order chi connectivity index (χ1) is 12.2. The third kappa shape index (κ3) is 2.84. The zero-order valence-corrected chi connectivity index (χ0v) is 14.7. The summed E-state index contributed by atoms with van der Waals surface area (Å²) in [5, 5.41) is 13.9. The number of halogens is 1. The first kappa shape index (κ1) is 15.9. The Hall–Kier alpha value is -2.55. The van der Waals surface area contributed by atoms with Crippen molar-refractivity contribution in [3.05, 3.63) is 47.1 Å². The SMILES string of the molecule is Cn1c(-c2ccc(N3CCNCC3)cc2)cc2c(Cl)cc(C#N)nc21. The molecule has 3 aromatic rings. The zero-order chi connectivity index (χ0) is 17.4. The Kier molecular flexibility index (Phi) is 4.08. The molecule has 0 amide bonds. The summed E-state index contributed by atoms with van der Waals surface area (Å²) in [6.45, 7) is 4.11. The molecular formula is C19H18ClN5. The highest BCUT2D eigenvalue weighted by atomic mass is 35.5. The highest BCUT2D eigenvalue weighted by Gasteiger charge is 2.14. The molecule has 0 bridgehead atoms. The van der Waals surface area contributed by atoms with E-state index in [2.05, 4.69) is 45.5 Å². The minimum absolute atomic E-state index is 0.333. The van der Waals surface area contributed by atoms with E-state index in [0.717, 1.165) is 48.5 Å². The van der Waals surface area contributed by atoms with E-state index in [1.165, 1.54) is 5.69 Å². The van der Waals surface area contributed by atoms with Gasteiger partial charge in [-0.05, 0) is 29.8 Å². The first-order valence-electron chi connectivity index (χ1n) is 8.29. The Balaban J connectivity index is 1.73. The second-order valence-corrected chi connectivity index (χ2v) is 6.62. The minimum atomic E-state index is 0.333. The number of nitriles is 1. The molecule has 1 aliphatic heterocycles. The standard InChI is InChI=1S/C19H18ClN5/c1-24-18(11-16-17(20)10-14(12-21)23-19(16)24)13-2-4-15(5-3-13)25-8-6-22-7-9-25/h2-5,10-11,22H,6-9H2,1H3. The molecule has 0 saturated carbocycles. The van der Waals surface area contributed by atoms with Crippen molar-refractivity contribution >= 4 is 28.3 Å². The predicted molar refractivity (Wildman–Crippen MR) is 101 cm³/mol. The summed E-state index contributed by atoms with van der Waals surface area (Å²) in [5.74, 6) is 0. The Morgan fingerprint density at radius 2 is 1.88 bits per heavy atom. The molecule has 0 aliphatic carbocycles. The van der Waals surface area contributed by atoms with E-state index in [-0.39, 0.29) is 0 Å². The molecule has 25 heavy (non-hydrogen) atoms. The van der Waals surface area contributed by atoms with Crippen molar-refractivity contribution in [2.75, 3.05) is 31.1 Å². The number of anilines is 1. The van der Waals surface area contributed by atoms with Crippen molar-refractivity contribution in [1.29, 1.82) is 5.26 Å². The van der Waals surface area contributed by atoms with Crippen LogP contribution in [0.15, 0.2) is 36.4 Å². The molecule has 2 aromatic heterocycles. The van der Waals surface area contributed by atoms with Crippen LogP contribution >= 0.6 is 11.6 Å². The van der Waals surface area contributed by atoms with Crippen LogP contribution in [-0.2, 0) is 7.05 Å². The average molecular weight is 352 g/mol. The summed E-state index contributed by atoms with van der Waals surface area (Å²) < 4.78 is 1.99. The Bertz CT molecular complexity index is 962. The Morgan fingerprint density at radius 3 is 2.56 bits per heavy atom. The fourth-order valence-electron chi connectivity index (χ4n) is 3.35. The Labute approximate surface area is 151 Å². The molecule has 0 unspecified atom stereocenters. The van der Waals surface area contributed by atoms with Crippen molar-refractivity contribution in [3.63, 3.8) is 0 Å². The Morgan fingerprint density at radius 1 is 1.16 bits per heavy atom. The maximum absolute atomic E-state index is 9.10. The number of piperazine rings is 1. The van der Waals surface area contributed by atoms with E-state index in [0.29, 0.717) is 10.7 Å². The fourth-order valence-corrected chi connectivity index (χ4v) is 3.59. The maximum Gasteiger partial charge on any atom is 0.144 e. The number of nitrogens with one attached hydrogen (secondary N) is 1. The molecule has 1 aromatic carbocycles. The monoisotopic (exact) mass is 351 g/mol. The van der Waals surface area contributed by atoms with E-state index in [1.54, 1.807) is 6.07 Å². The van der Waals surface area contributed by atoms with Gasteiger partial charge in [0.05, 0.1) is 10.7 Å². The summed E-state index contributed by atoms with van der Waals surface area (Å²) in [4.78, 5) is 6.78. The first-order valence-corrected chi connectivity index (χ1v) is 8.67. The van der Waals surface area contributed by atoms with Crippen molar-refractivity contribution in [1.82, 2.24) is 14.9 Å². The largest absolute Gasteiger partial charge is 0.369 e. The van der Waals surface area contributed by atoms with Gasteiger partial charge >= 0.3 is 0 Å². The van der Waals surface area contributed by atoms with Crippen LogP contribution in [0.2, 0.25) is 5.02 Å². The molecule has 1 aliphatic rings. The second-order valence-electron chi connectivity index (χ2n) is 6.21. The van der Waals surface area contributed by atoms with Crippen LogP contribution in [0, 0.1) is 11.3 Å². The highest BCUT2D eigenvalue weighted by Crippen LogP contribution is 2.32. The van der Waals surface area contributed by atoms with Crippen LogP contribution in [0.3, 0.4) is 0 Å². The number of aromatic nitrogens is 2. The lowest BCUT2D eigenvalue weighted by Crippen LogP contribution is -2.43. The lowest BCUT2D eigenvalue weighted by molar-refractivity contribution is 0.589. The van der Waals surface area contributed by atoms with Gasteiger partial charge in [-0.25, -0.2) is 4.98 Å². The lowest BCUT2D eigenvalue weighted by atomic mass is 10.1. The third-order valence-corrected chi connectivity index (χ3v) is 5.02. The van der Waals surface area contributed by atoms with Crippen molar-refractivity contribution in [2.24, 2.45) is 7.05 Å². The molecule has 6 heteroatoms. The van der Waals surface area contributed by atoms with Gasteiger partial charge in [-0.2, -0.15) is 5.26 Å². The van der Waals surface area contributed by atoms with Gasteiger partial charge in [-0.1, -0.05) is 23.7 Å². The molecule has 1 fully saturated rings. The van der Waals surface area contributed by atoms with Crippen LogP contribution in [0.1, 0.15) is 5.69 Å². The summed E-state index contributed by atoms with van der Waals surface area (Å²) in [5.41, 5.74) is 4.44. The number of hydrogen-bond donors (Lipinski definition) is 1. The quantitative estimate of drug-likeness (QED) is 0.770. The van der Waals surface area contributed by atoms with Gasteiger partial charge in [0.25, 0.3) is 0 Å². The topological polar surface area (TPSA) is 56.9 Å². The van der Waals surface area contributed by atoms with Crippen molar-refractivity contribution in [2.45, 2.75) is 0 Å². The molecule has 0 spiro atoms. The molecule has 1 saturated heterocycles. The molecule has 3 heterocycles. The molecule has 0 atom stereocenters. The average Bonchev–Trinajstić information content (AvgIpc) is 3.00. The van der Waals surface area contributed by atoms with Gasteiger partial charge < -0.3 is 14.8 Å². The smallest absolute Gasteiger partial charge is 0.144 e. The van der Waals surface area contributed by atoms with Crippen LogP contribution < -0.4 is 10.2 Å². The number of hydrogen-bond acceptors (Lipinski definition) is 4. The lowest BCUT2D eigenvalue weighted by Gasteiger charge is -2.29. The third-order valence-electron chi connectivity index (χ3n) is 4.71. The van der Waals surface area contributed by atoms with Gasteiger partial charge in [-0.3, -0.25) is 0 Å². The van der Waals surface area contributed by atoms with E-state index >= 15 is 0 Å². The van der Waals surface area contributed by atoms with Gasteiger partial charge in [0.15, 0.2) is 0 Å². The predicted octanol–water partition coefficient (Wildman–Crippen LogP) is 3.17. The van der Waals surface area contributed by atoms with E-state index in [1.807, 2.05) is 17.7 Å². The van der Waals surface area contributed by atoms with Crippen LogP contribution in [0.25, 0.3) is 22.3 Å². The number of fused-ring (bicyclic) bond motifs is 1. The number of pyridine rings is 1. The summed E-state index contributed by atoms with van der Waals surface area (Å²) in [6, 6.07) is 14.3. The minimum Gasteiger partial charge on any atom is -0.369 e. The normalized spacial score (nSPS) is 14.7. The molecular weight excluding hydrogens is 334 g/mol. The van der Waals surface area contributed by atoms with Gasteiger partial charge in [0, 0.05) is 44.3 Å². The maximum atomic E-state index is 9.10. The number of aryl methyl sites for hydroxylation is 1. The second kappa shape index (κ2) is 6.40. The molecule has 0 radical (unpaired) electrons. The fraction of sp³-hybridized carbons (Fsp3) is 0.263. The van der Waals surface area contributed by atoms with Crippen molar-refractivity contribution in [3.8, 4) is 17.3 Å². The number of benzene rings is 1. The zero-order valence-electron chi connectivity index (χ0n) is 14.0. The molecule has 4 rings (SSSR count). The summed E-state index contributed by atoms with van der Waals surface area (Å²) in [7, 11) is 1.95. The number of nitrogens with zero attached hydrogens (tertiary/aromatic N) is 4. The summed E-state index contributed by atoms with van der Waals surface area (Å²) >= 11 is 6.32. The molecule has 1 N–H and O–H groups in total.